The van der Waals surface area contributed by atoms with Crippen molar-refractivity contribution < 1.29 is 13.2 Å². The Morgan fingerprint density at radius 3 is 1.90 bits per heavy atom. The van der Waals surface area contributed by atoms with Gasteiger partial charge < -0.3 is 25.7 Å². The zero-order valence-electron chi connectivity index (χ0n) is 34.8. The van der Waals surface area contributed by atoms with E-state index < -0.39 is 0 Å². The molecule has 0 aliphatic carbocycles. The molecule has 6 aromatic heterocycles. The molecule has 318 valence electrons. The molecule has 0 bridgehead atoms. The molecule has 2 aliphatic heterocycles. The van der Waals surface area contributed by atoms with Gasteiger partial charge in [0.25, 0.3) is 0 Å². The summed E-state index contributed by atoms with van der Waals surface area (Å²) in [5.41, 5.74) is 21.4. The number of aromatic nitrogens is 8. The fourth-order valence-electron chi connectivity index (χ4n) is 9.44. The Morgan fingerprint density at radius 2 is 1.31 bits per heavy atom. The third kappa shape index (κ3) is 7.39. The first-order valence-electron chi connectivity index (χ1n) is 21.5. The lowest BCUT2D eigenvalue weighted by Crippen LogP contribution is -2.24. The largest absolute Gasteiger partial charge is 0.444 e. The van der Waals surface area contributed by atoms with Crippen LogP contribution in [0.4, 0.5) is 32.1 Å². The molecule has 2 unspecified atom stereocenters. The van der Waals surface area contributed by atoms with Crippen LogP contribution in [-0.4, -0.2) is 52.3 Å². The molecule has 0 amide bonds. The van der Waals surface area contributed by atoms with Gasteiger partial charge >= 0.3 is 0 Å². The molecule has 4 N–H and O–H groups in total. The molecular formula is C46H48F2N12OS. The van der Waals surface area contributed by atoms with E-state index in [1.807, 2.05) is 49.0 Å². The van der Waals surface area contributed by atoms with Gasteiger partial charge in [0.15, 0.2) is 22.9 Å². The SMILES string of the molecule is CCCc1ccc(F)cc1C1CCCN1c1ccn2nc(N)c(-c3nc(CCCCc4ccc(F)cc4C4CCCN4c4ccn5nc(N)c(-c6nc(C)cs6)c5n4)co3)c2n1. The molecule has 8 heterocycles. The second kappa shape index (κ2) is 16.5. The zero-order valence-corrected chi connectivity index (χ0v) is 35.6. The van der Waals surface area contributed by atoms with E-state index in [0.717, 1.165) is 121 Å². The molecule has 2 fully saturated rings. The number of nitrogen functional groups attached to an aromatic ring is 2. The highest BCUT2D eigenvalue weighted by Crippen LogP contribution is 2.41. The number of halogens is 2. The van der Waals surface area contributed by atoms with Crippen molar-refractivity contribution in [1.29, 1.82) is 0 Å². The number of benzene rings is 2. The fraction of sp³-hybridized carbons (Fsp3) is 0.348. The lowest BCUT2D eigenvalue weighted by molar-refractivity contribution is 0.572. The summed E-state index contributed by atoms with van der Waals surface area (Å²) in [7, 11) is 0. The third-order valence-corrected chi connectivity index (χ3v) is 13.2. The number of fused-ring (bicyclic) bond motifs is 2. The highest BCUT2D eigenvalue weighted by atomic mass is 32.1. The number of anilines is 4. The highest BCUT2D eigenvalue weighted by Gasteiger charge is 2.32. The van der Waals surface area contributed by atoms with Crippen LogP contribution in [0.2, 0.25) is 0 Å². The van der Waals surface area contributed by atoms with Crippen LogP contribution in [0, 0.1) is 18.6 Å². The molecule has 10 rings (SSSR count). The number of hydrogen-bond acceptors (Lipinski definition) is 12. The van der Waals surface area contributed by atoms with Crippen molar-refractivity contribution in [2.45, 2.75) is 90.1 Å². The number of thiazole rings is 1. The smallest absolute Gasteiger partial charge is 0.233 e. The molecule has 2 aliphatic rings. The number of aryl methyl sites for hydroxylation is 4. The van der Waals surface area contributed by atoms with Crippen LogP contribution in [0.5, 0.6) is 0 Å². The molecule has 2 saturated heterocycles. The minimum Gasteiger partial charge on any atom is -0.444 e. The minimum absolute atomic E-state index is 0.0187. The Labute approximate surface area is 361 Å². The molecule has 2 atom stereocenters. The Hall–Kier alpha value is -6.42. The minimum atomic E-state index is -0.249. The summed E-state index contributed by atoms with van der Waals surface area (Å²) in [6, 6.07) is 14.2. The van der Waals surface area contributed by atoms with Crippen LogP contribution < -0.4 is 21.3 Å². The van der Waals surface area contributed by atoms with Crippen molar-refractivity contribution in [3.8, 4) is 22.0 Å². The van der Waals surface area contributed by atoms with Crippen molar-refractivity contribution in [2.24, 2.45) is 0 Å². The maximum absolute atomic E-state index is 15.0. The number of unbranched alkanes of at least 4 members (excludes halogenated alkanes) is 1. The Morgan fingerprint density at radius 1 is 0.726 bits per heavy atom. The monoisotopic (exact) mass is 854 g/mol. The second-order valence-electron chi connectivity index (χ2n) is 16.4. The van der Waals surface area contributed by atoms with Gasteiger partial charge in [-0.3, -0.25) is 0 Å². The Bertz CT molecular complexity index is 2920. The average molecular weight is 855 g/mol. The predicted molar refractivity (Wildman–Crippen MR) is 238 cm³/mol. The van der Waals surface area contributed by atoms with E-state index in [1.165, 1.54) is 16.9 Å². The first-order chi connectivity index (χ1) is 30.2. The summed E-state index contributed by atoms with van der Waals surface area (Å²) in [6.45, 7) is 5.70. The van der Waals surface area contributed by atoms with Gasteiger partial charge in [-0.1, -0.05) is 25.5 Å². The summed E-state index contributed by atoms with van der Waals surface area (Å²) in [6.07, 6.45) is 14.2. The first-order valence-corrected chi connectivity index (χ1v) is 22.4. The summed E-state index contributed by atoms with van der Waals surface area (Å²) in [5, 5.41) is 11.8. The van der Waals surface area contributed by atoms with Gasteiger partial charge in [-0.25, -0.2) is 37.7 Å². The van der Waals surface area contributed by atoms with Gasteiger partial charge in [0.05, 0.1) is 23.3 Å². The fourth-order valence-corrected chi connectivity index (χ4v) is 10.3. The first kappa shape index (κ1) is 39.7. The molecule has 0 radical (unpaired) electrons. The summed E-state index contributed by atoms with van der Waals surface area (Å²) in [5.74, 6) is 2.14. The Balaban J connectivity index is 0.836. The van der Waals surface area contributed by atoms with E-state index in [-0.39, 0.29) is 29.5 Å². The van der Waals surface area contributed by atoms with Gasteiger partial charge in [-0.15, -0.1) is 21.5 Å². The van der Waals surface area contributed by atoms with Crippen molar-refractivity contribution in [1.82, 2.24) is 39.2 Å². The molecule has 0 saturated carbocycles. The van der Waals surface area contributed by atoms with Crippen LogP contribution in [-0.2, 0) is 19.3 Å². The number of nitrogens with two attached hydrogens (primary N) is 2. The van der Waals surface area contributed by atoms with Crippen molar-refractivity contribution in [3.05, 3.63) is 118 Å². The lowest BCUT2D eigenvalue weighted by Gasteiger charge is -2.28. The number of nitrogens with zero attached hydrogens (tertiary/aromatic N) is 10. The maximum Gasteiger partial charge on any atom is 0.233 e. The number of oxazole rings is 1. The van der Waals surface area contributed by atoms with Crippen LogP contribution >= 0.6 is 11.3 Å². The summed E-state index contributed by atoms with van der Waals surface area (Å²) < 4.78 is 38.9. The highest BCUT2D eigenvalue weighted by molar-refractivity contribution is 7.13. The van der Waals surface area contributed by atoms with Crippen molar-refractivity contribution in [2.75, 3.05) is 34.4 Å². The van der Waals surface area contributed by atoms with Crippen LogP contribution in [0.25, 0.3) is 33.3 Å². The summed E-state index contributed by atoms with van der Waals surface area (Å²) >= 11 is 1.52. The van der Waals surface area contributed by atoms with E-state index >= 15 is 0 Å². The predicted octanol–water partition coefficient (Wildman–Crippen LogP) is 9.50. The van der Waals surface area contributed by atoms with Gasteiger partial charge in [0.1, 0.15) is 40.1 Å². The third-order valence-electron chi connectivity index (χ3n) is 12.3. The van der Waals surface area contributed by atoms with Gasteiger partial charge in [-0.05, 0) is 123 Å². The van der Waals surface area contributed by atoms with E-state index in [2.05, 4.69) is 31.9 Å². The maximum atomic E-state index is 15.0. The number of hydrogen-bond donors (Lipinski definition) is 2. The second-order valence-corrected chi connectivity index (χ2v) is 17.3. The van der Waals surface area contributed by atoms with E-state index in [1.54, 1.807) is 39.6 Å². The molecule has 16 heteroatoms. The van der Waals surface area contributed by atoms with Crippen LogP contribution in [0.3, 0.4) is 0 Å². The molecule has 0 spiro atoms. The standard InChI is InChI=1S/C46H48F2N12OS/c1-3-8-28-13-15-30(47)23-33(28)35-11-6-19-57(35)37-17-21-59-43(53-37)39(41(49)55-59)45-52-32(25-61-45)10-5-4-9-29-14-16-31(48)24-34(29)36-12-7-20-58(36)38-18-22-60-44(54-38)40(42(50)56-60)46-51-27(2)26-62-46/h13-18,21-26,35-36H,3-12,19-20H2,1-2H3,(H2,49,55)(H2,50,56). The quantitative estimate of drug-likeness (QED) is 0.106. The molecule has 62 heavy (non-hydrogen) atoms. The molecular weight excluding hydrogens is 807 g/mol. The topological polar surface area (TPSA) is 158 Å². The van der Waals surface area contributed by atoms with Gasteiger partial charge in [0, 0.05) is 36.6 Å². The lowest BCUT2D eigenvalue weighted by atomic mass is 9.94. The van der Waals surface area contributed by atoms with Crippen molar-refractivity contribution in [3.63, 3.8) is 0 Å². The number of rotatable bonds is 13. The van der Waals surface area contributed by atoms with Crippen LogP contribution in [0.1, 0.15) is 97.6 Å². The zero-order chi connectivity index (χ0) is 42.5. The van der Waals surface area contributed by atoms with Crippen molar-refractivity contribution >= 4 is 45.9 Å². The van der Waals surface area contributed by atoms with Crippen LogP contribution in [0.15, 0.2) is 77.0 Å². The molecule has 8 aromatic rings. The molecule has 2 aromatic carbocycles. The Kier molecular flexibility index (Phi) is 10.5. The summed E-state index contributed by atoms with van der Waals surface area (Å²) in [4.78, 5) is 24.2. The van der Waals surface area contributed by atoms with Gasteiger partial charge in [-0.2, -0.15) is 0 Å². The van der Waals surface area contributed by atoms with Gasteiger partial charge in [0.2, 0.25) is 5.89 Å². The molecule has 13 nitrogen and oxygen atoms in total. The normalized spacial score (nSPS) is 16.8. The van der Waals surface area contributed by atoms with E-state index in [0.29, 0.717) is 35.0 Å². The van der Waals surface area contributed by atoms with E-state index in [9.17, 15) is 8.78 Å². The average Bonchev–Trinajstić information content (AvgIpc) is 4.13. The van der Waals surface area contributed by atoms with E-state index in [4.69, 9.17) is 30.8 Å².